The minimum absolute atomic E-state index is 0.182. The number of halogens is 2. The quantitative estimate of drug-likeness (QED) is 0.869. The third kappa shape index (κ3) is 2.08. The first kappa shape index (κ1) is 9.97. The molecule has 0 spiro atoms. The van der Waals surface area contributed by atoms with Gasteiger partial charge in [-0.3, -0.25) is 0 Å². The van der Waals surface area contributed by atoms with Gasteiger partial charge in [-0.1, -0.05) is 12.5 Å². The van der Waals surface area contributed by atoms with Gasteiger partial charge in [0.2, 0.25) is 0 Å². The number of hydrogen-bond acceptors (Lipinski definition) is 1. The van der Waals surface area contributed by atoms with Gasteiger partial charge < -0.3 is 5.32 Å². The van der Waals surface area contributed by atoms with E-state index in [9.17, 15) is 4.39 Å². The van der Waals surface area contributed by atoms with Gasteiger partial charge in [0.1, 0.15) is 5.82 Å². The van der Waals surface area contributed by atoms with Gasteiger partial charge in [0.25, 0.3) is 0 Å². The maximum Gasteiger partial charge on any atom is 0.147 e. The summed E-state index contributed by atoms with van der Waals surface area (Å²) >= 11 is 3.33. The SMILES string of the molecule is Fc1cccc(Br)c1NCC1CCC1. The molecule has 0 heterocycles. The molecule has 0 aliphatic heterocycles. The van der Waals surface area contributed by atoms with Gasteiger partial charge in [-0.25, -0.2) is 4.39 Å². The lowest BCUT2D eigenvalue weighted by Crippen LogP contribution is -2.21. The van der Waals surface area contributed by atoms with Crippen molar-refractivity contribution in [1.29, 1.82) is 0 Å². The second-order valence-corrected chi connectivity index (χ2v) is 4.63. The van der Waals surface area contributed by atoms with Crippen molar-refractivity contribution in [1.82, 2.24) is 0 Å². The number of hydrogen-bond donors (Lipinski definition) is 1. The molecule has 1 saturated carbocycles. The molecule has 1 nitrogen and oxygen atoms in total. The second kappa shape index (κ2) is 4.30. The zero-order chi connectivity index (χ0) is 9.97. The number of nitrogens with one attached hydrogen (secondary N) is 1. The van der Waals surface area contributed by atoms with E-state index in [-0.39, 0.29) is 5.82 Å². The Kier molecular flexibility index (Phi) is 3.06. The fourth-order valence-corrected chi connectivity index (χ4v) is 2.09. The molecule has 1 fully saturated rings. The molecular formula is C11H13BrFN. The van der Waals surface area contributed by atoms with Crippen molar-refractivity contribution < 1.29 is 4.39 Å². The van der Waals surface area contributed by atoms with Gasteiger partial charge >= 0.3 is 0 Å². The molecule has 2 rings (SSSR count). The molecule has 0 atom stereocenters. The molecule has 1 aliphatic rings. The number of benzene rings is 1. The summed E-state index contributed by atoms with van der Waals surface area (Å²) in [7, 11) is 0. The van der Waals surface area contributed by atoms with E-state index in [4.69, 9.17) is 0 Å². The van der Waals surface area contributed by atoms with Crippen molar-refractivity contribution >= 4 is 21.6 Å². The third-order valence-corrected chi connectivity index (χ3v) is 3.42. The van der Waals surface area contributed by atoms with Crippen LogP contribution < -0.4 is 5.32 Å². The van der Waals surface area contributed by atoms with Crippen molar-refractivity contribution in [3.8, 4) is 0 Å². The molecular weight excluding hydrogens is 245 g/mol. The minimum atomic E-state index is -0.182. The molecule has 0 bridgehead atoms. The van der Waals surface area contributed by atoms with Crippen molar-refractivity contribution in [3.63, 3.8) is 0 Å². The van der Waals surface area contributed by atoms with Gasteiger partial charge in [0.05, 0.1) is 5.69 Å². The third-order valence-electron chi connectivity index (χ3n) is 2.76. The Balaban J connectivity index is 2.00. The molecule has 3 heteroatoms. The van der Waals surface area contributed by atoms with Crippen molar-refractivity contribution in [3.05, 3.63) is 28.5 Å². The first-order valence-corrected chi connectivity index (χ1v) is 5.74. The highest BCUT2D eigenvalue weighted by Gasteiger charge is 2.17. The summed E-state index contributed by atoms with van der Waals surface area (Å²) in [5.74, 6) is 0.556. The van der Waals surface area contributed by atoms with E-state index in [1.54, 1.807) is 6.07 Å². The Morgan fingerprint density at radius 1 is 1.43 bits per heavy atom. The van der Waals surface area contributed by atoms with Gasteiger partial charge in [-0.2, -0.15) is 0 Å². The Hall–Kier alpha value is -0.570. The van der Waals surface area contributed by atoms with Crippen LogP contribution in [0.3, 0.4) is 0 Å². The van der Waals surface area contributed by atoms with E-state index in [0.717, 1.165) is 16.9 Å². The highest BCUT2D eigenvalue weighted by Crippen LogP contribution is 2.29. The molecule has 1 N–H and O–H groups in total. The van der Waals surface area contributed by atoms with Crippen LogP contribution in [-0.2, 0) is 0 Å². The van der Waals surface area contributed by atoms with Crippen molar-refractivity contribution in [2.45, 2.75) is 19.3 Å². The molecule has 1 aromatic carbocycles. The van der Waals surface area contributed by atoms with Crippen LogP contribution in [0.2, 0.25) is 0 Å². The predicted octanol–water partition coefficient (Wildman–Crippen LogP) is 3.80. The van der Waals surface area contributed by atoms with Crippen molar-refractivity contribution in [2.24, 2.45) is 5.92 Å². The van der Waals surface area contributed by atoms with Gasteiger partial charge in [-0.15, -0.1) is 0 Å². The van der Waals surface area contributed by atoms with Gasteiger partial charge in [0.15, 0.2) is 0 Å². The molecule has 0 saturated heterocycles. The van der Waals surface area contributed by atoms with E-state index < -0.39 is 0 Å². The lowest BCUT2D eigenvalue weighted by molar-refractivity contribution is 0.333. The Morgan fingerprint density at radius 3 is 2.79 bits per heavy atom. The molecule has 0 aromatic heterocycles. The largest absolute Gasteiger partial charge is 0.381 e. The number of anilines is 1. The van der Waals surface area contributed by atoms with E-state index in [0.29, 0.717) is 5.69 Å². The maximum atomic E-state index is 13.3. The van der Waals surface area contributed by atoms with E-state index in [1.165, 1.54) is 25.3 Å². The van der Waals surface area contributed by atoms with E-state index in [2.05, 4.69) is 21.2 Å². The smallest absolute Gasteiger partial charge is 0.147 e. The van der Waals surface area contributed by atoms with E-state index >= 15 is 0 Å². The predicted molar refractivity (Wildman–Crippen MR) is 59.9 cm³/mol. The van der Waals surface area contributed by atoms with Crippen LogP contribution in [-0.4, -0.2) is 6.54 Å². The van der Waals surface area contributed by atoms with Crippen LogP contribution in [0, 0.1) is 11.7 Å². The van der Waals surface area contributed by atoms with Crippen molar-refractivity contribution in [2.75, 3.05) is 11.9 Å². The Bertz CT molecular complexity index is 303. The molecule has 1 aromatic rings. The van der Waals surface area contributed by atoms with Crippen LogP contribution in [0.15, 0.2) is 22.7 Å². The van der Waals surface area contributed by atoms with Gasteiger partial charge in [-0.05, 0) is 46.8 Å². The van der Waals surface area contributed by atoms with E-state index in [1.807, 2.05) is 6.07 Å². The molecule has 0 unspecified atom stereocenters. The second-order valence-electron chi connectivity index (χ2n) is 3.77. The summed E-state index contributed by atoms with van der Waals surface area (Å²) in [6, 6.07) is 5.04. The average molecular weight is 258 g/mol. The average Bonchev–Trinajstić information content (AvgIpc) is 2.07. The Morgan fingerprint density at radius 2 is 2.21 bits per heavy atom. The first-order chi connectivity index (χ1) is 6.77. The minimum Gasteiger partial charge on any atom is -0.381 e. The van der Waals surface area contributed by atoms with Crippen LogP contribution in [0.5, 0.6) is 0 Å². The monoisotopic (exact) mass is 257 g/mol. The van der Waals surface area contributed by atoms with Crippen LogP contribution >= 0.6 is 15.9 Å². The highest BCUT2D eigenvalue weighted by molar-refractivity contribution is 9.10. The summed E-state index contributed by atoms with van der Waals surface area (Å²) in [6.07, 6.45) is 3.88. The molecule has 1 aliphatic carbocycles. The fourth-order valence-electron chi connectivity index (χ4n) is 1.61. The van der Waals surface area contributed by atoms with Crippen LogP contribution in [0.25, 0.3) is 0 Å². The number of para-hydroxylation sites is 1. The summed E-state index contributed by atoms with van der Waals surface area (Å²) in [5.41, 5.74) is 0.597. The number of rotatable bonds is 3. The molecule has 0 radical (unpaired) electrons. The lowest BCUT2D eigenvalue weighted by Gasteiger charge is -2.26. The summed E-state index contributed by atoms with van der Waals surface area (Å²) in [6.45, 7) is 0.888. The summed E-state index contributed by atoms with van der Waals surface area (Å²) in [5, 5.41) is 3.16. The fraction of sp³-hybridized carbons (Fsp3) is 0.455. The summed E-state index contributed by atoms with van der Waals surface area (Å²) < 4.78 is 14.1. The zero-order valence-electron chi connectivity index (χ0n) is 7.89. The Labute approximate surface area is 91.8 Å². The van der Waals surface area contributed by atoms with Crippen LogP contribution in [0.4, 0.5) is 10.1 Å². The molecule has 14 heavy (non-hydrogen) atoms. The lowest BCUT2D eigenvalue weighted by atomic mass is 9.85. The standard InChI is InChI=1S/C11H13BrFN/c12-9-5-2-6-10(13)11(9)14-7-8-3-1-4-8/h2,5-6,8,14H,1,3-4,7H2. The zero-order valence-corrected chi connectivity index (χ0v) is 9.48. The first-order valence-electron chi connectivity index (χ1n) is 4.95. The van der Waals surface area contributed by atoms with Gasteiger partial charge in [0, 0.05) is 11.0 Å². The topological polar surface area (TPSA) is 12.0 Å². The van der Waals surface area contributed by atoms with Crippen LogP contribution in [0.1, 0.15) is 19.3 Å². The maximum absolute atomic E-state index is 13.3. The molecule has 0 amide bonds. The highest BCUT2D eigenvalue weighted by atomic mass is 79.9. The normalized spacial score (nSPS) is 16.4. The summed E-state index contributed by atoms with van der Waals surface area (Å²) in [4.78, 5) is 0. The molecule has 76 valence electrons.